The number of benzene rings is 2. The summed E-state index contributed by atoms with van der Waals surface area (Å²) in [4.78, 5) is 61.1. The van der Waals surface area contributed by atoms with Crippen LogP contribution in [0, 0.1) is 23.3 Å². The Labute approximate surface area is 543 Å². The Kier molecular flexibility index (Phi) is 23.4. The highest BCUT2D eigenvalue weighted by atomic mass is 79.9. The van der Waals surface area contributed by atoms with Crippen LogP contribution >= 0.6 is 15.9 Å². The number of halogens is 7. The summed E-state index contributed by atoms with van der Waals surface area (Å²) in [5, 5.41) is 0. The number of hydrogen-bond acceptors (Lipinski definition) is 14. The molecule has 0 N–H and O–H groups in total. The number of nitrogens with zero attached hydrogens (tertiary/aromatic N) is 6. The van der Waals surface area contributed by atoms with Gasteiger partial charge in [-0.15, -0.1) is 0 Å². The van der Waals surface area contributed by atoms with Crippen molar-refractivity contribution in [3.63, 3.8) is 0 Å². The molecule has 3 fully saturated rings. The Balaban J connectivity index is 0.000000206. The molecule has 2 amide bonds. The van der Waals surface area contributed by atoms with Crippen LogP contribution in [-0.2, 0) is 61.3 Å². The monoisotopic (exact) mass is 1390 g/mol. The van der Waals surface area contributed by atoms with Gasteiger partial charge in [-0.25, -0.2) is 57.8 Å². The first-order valence-electron chi connectivity index (χ1n) is 30.3. The van der Waals surface area contributed by atoms with Crippen LogP contribution in [0.2, 0.25) is 0 Å². The molecule has 0 radical (unpaired) electrons. The SMILES string of the molecule is CC(C)(C)OC(=O)N1CC=C(B2OC(C)(C)C(C)(C)O2)CC1.C[C@H]1[C@H](F)C[C@@H](C(=O)CCc2cc(Br)ncc2F)N1S(=O)(=O)c1ccc(F)cc1.C[C@H]1[C@H](F)C[C@@H](C(=O)CCc2cc(C3=CCN(C(=O)OC(C)(C)C)CC3)ncc2F)N1S(=O)(=O)c1ccc(F)cc1. The molecule has 5 aliphatic rings. The number of pyridine rings is 2. The lowest BCUT2D eigenvalue weighted by Gasteiger charge is -2.32. The van der Waals surface area contributed by atoms with Crippen LogP contribution in [0.4, 0.5) is 35.9 Å². The predicted molar refractivity (Wildman–Crippen MR) is 336 cm³/mol. The van der Waals surface area contributed by atoms with E-state index in [9.17, 15) is 62.4 Å². The van der Waals surface area contributed by atoms with Crippen molar-refractivity contribution < 1.29 is 81.1 Å². The van der Waals surface area contributed by atoms with E-state index in [1.807, 2.05) is 60.6 Å². The van der Waals surface area contributed by atoms with E-state index in [-0.39, 0.29) is 83.9 Å². The van der Waals surface area contributed by atoms with Gasteiger partial charge in [0, 0.05) is 51.9 Å². The maximum absolute atomic E-state index is 14.7. The molecule has 0 spiro atoms. The highest BCUT2D eigenvalue weighted by Crippen LogP contribution is 2.40. The minimum Gasteiger partial charge on any atom is -0.444 e. The second kappa shape index (κ2) is 29.3. The first kappa shape index (κ1) is 73.4. The standard InChI is InChI=1S/C29H34F3N3O5S.C19H18BrF3N2O3S.C16H28BNO4/c1-18-23(31)16-26(35(18)41(38,39)22-8-6-21(30)7-9-22)27(36)10-5-20-15-25(33-17-24(20)32)19-11-13-34(14-12-19)28(37)40-29(2,3)4;1-11-15(22)9-17(18(26)7-2-12-8-19(20)24-10-16(12)23)25(11)29(27,28)14-5-3-13(21)4-6-14;1-14(2,3)20-13(19)18-10-8-12(9-11-18)17-21-15(4,5)16(6,7)22-17/h6-9,11,15,17-18,23,26H,5,10,12-14,16H2,1-4H3;3-6,8,10-11,15,17H,2,7,9H2,1H3;8H,9-11H2,1-7H3/t18-,23+,26-;11-,15+,17-;/m00./s1. The van der Waals surface area contributed by atoms with E-state index >= 15 is 0 Å². The summed E-state index contributed by atoms with van der Waals surface area (Å²) >= 11 is 3.13. The number of aryl methyl sites for hydroxylation is 2. The van der Waals surface area contributed by atoms with Gasteiger partial charge in [0.25, 0.3) is 0 Å². The first-order chi connectivity index (χ1) is 42.7. The van der Waals surface area contributed by atoms with E-state index in [0.717, 1.165) is 87.0 Å². The molecule has 28 heteroatoms. The molecule has 4 aromatic rings. The third-order valence-corrected chi connectivity index (χ3v) is 21.1. The van der Waals surface area contributed by atoms with Crippen molar-refractivity contribution in [2.24, 2.45) is 0 Å². The average Bonchev–Trinajstić information content (AvgIpc) is 1.58. The molecule has 5 aliphatic heterocycles. The molecule has 0 aliphatic carbocycles. The molecule has 502 valence electrons. The Hall–Kier alpha value is -6.04. The molecule has 0 saturated carbocycles. The Morgan fingerprint density at radius 1 is 0.630 bits per heavy atom. The lowest BCUT2D eigenvalue weighted by molar-refractivity contribution is -0.123. The minimum atomic E-state index is -4.29. The van der Waals surface area contributed by atoms with Crippen molar-refractivity contribution in [2.45, 2.75) is 203 Å². The second-order valence-electron chi connectivity index (χ2n) is 26.2. The largest absolute Gasteiger partial charge is 0.490 e. The van der Waals surface area contributed by atoms with Crippen LogP contribution in [-0.4, -0.2) is 161 Å². The fourth-order valence-electron chi connectivity index (χ4n) is 10.8. The van der Waals surface area contributed by atoms with Crippen molar-refractivity contribution in [1.82, 2.24) is 28.4 Å². The average molecular weight is 1390 g/mol. The summed E-state index contributed by atoms with van der Waals surface area (Å²) in [5.74, 6) is -3.48. The number of alkyl halides is 2. The van der Waals surface area contributed by atoms with E-state index in [1.54, 1.807) is 36.6 Å². The van der Waals surface area contributed by atoms with Gasteiger partial charge < -0.3 is 28.6 Å². The summed E-state index contributed by atoms with van der Waals surface area (Å²) in [7, 11) is -8.82. The topological polar surface area (TPSA) is 212 Å². The molecule has 2 aromatic heterocycles. The number of sulfonamides is 2. The van der Waals surface area contributed by atoms with Crippen LogP contribution in [0.25, 0.3) is 5.57 Å². The number of hydrogen-bond donors (Lipinski definition) is 0. The maximum atomic E-state index is 14.7. The van der Waals surface area contributed by atoms with E-state index in [4.69, 9.17) is 18.8 Å². The normalized spacial score (nSPS) is 22.8. The minimum absolute atomic E-state index is 0.0258. The molecule has 0 unspecified atom stereocenters. The highest BCUT2D eigenvalue weighted by molar-refractivity contribution is 9.10. The molecular formula is C64H80BBrF6N6O12S2. The quantitative estimate of drug-likeness (QED) is 0.0653. The van der Waals surface area contributed by atoms with Crippen LogP contribution in [0.1, 0.15) is 138 Å². The van der Waals surface area contributed by atoms with Gasteiger partial charge >= 0.3 is 19.3 Å². The van der Waals surface area contributed by atoms with Crippen LogP contribution < -0.4 is 0 Å². The Morgan fingerprint density at radius 3 is 1.42 bits per heavy atom. The van der Waals surface area contributed by atoms with Crippen LogP contribution in [0.3, 0.4) is 0 Å². The number of ketones is 2. The molecule has 2 aromatic carbocycles. The number of amides is 2. The Morgan fingerprint density at radius 2 is 1.03 bits per heavy atom. The fraction of sp³-hybridized carbons (Fsp3) is 0.531. The Bertz CT molecular complexity index is 3640. The molecule has 0 bridgehead atoms. The van der Waals surface area contributed by atoms with Crippen LogP contribution in [0.15, 0.2) is 105 Å². The van der Waals surface area contributed by atoms with Gasteiger partial charge in [-0.2, -0.15) is 8.61 Å². The summed E-state index contributed by atoms with van der Waals surface area (Å²) < 4.78 is 162. The number of ether oxygens (including phenoxy) is 2. The zero-order chi connectivity index (χ0) is 68.2. The molecule has 18 nitrogen and oxygen atoms in total. The zero-order valence-electron chi connectivity index (χ0n) is 53.7. The molecule has 7 heterocycles. The zero-order valence-corrected chi connectivity index (χ0v) is 56.9. The molecule has 92 heavy (non-hydrogen) atoms. The first-order valence-corrected chi connectivity index (χ1v) is 33.9. The summed E-state index contributed by atoms with van der Waals surface area (Å²) in [6, 6.07) is 6.61. The van der Waals surface area contributed by atoms with Gasteiger partial charge in [0.05, 0.1) is 63.2 Å². The van der Waals surface area contributed by atoms with Crippen molar-refractivity contribution >= 4 is 72.4 Å². The maximum Gasteiger partial charge on any atom is 0.490 e. The number of carbonyl (C=O) groups excluding carboxylic acids is 4. The van der Waals surface area contributed by atoms with E-state index < -0.39 is 109 Å². The fourth-order valence-corrected chi connectivity index (χ4v) is 14.9. The molecule has 9 rings (SSSR count). The van der Waals surface area contributed by atoms with Crippen molar-refractivity contribution in [3.05, 3.63) is 135 Å². The van der Waals surface area contributed by atoms with Crippen molar-refractivity contribution in [3.8, 4) is 0 Å². The lowest BCUT2D eigenvalue weighted by Crippen LogP contribution is -2.44. The number of Topliss-reactive ketones (excluding diaryl/α,β-unsaturated/α-hetero) is 2. The number of carbonyl (C=O) groups is 4. The summed E-state index contributed by atoms with van der Waals surface area (Å²) in [5.41, 5.74) is 1.16. The number of rotatable bonds is 14. The molecular weight excluding hydrogens is 1310 g/mol. The predicted octanol–water partition coefficient (Wildman–Crippen LogP) is 12.1. The van der Waals surface area contributed by atoms with E-state index in [1.165, 1.54) is 19.9 Å². The summed E-state index contributed by atoms with van der Waals surface area (Å²) in [6.45, 7) is 23.8. The van der Waals surface area contributed by atoms with Crippen molar-refractivity contribution in [2.75, 3.05) is 26.2 Å². The third-order valence-electron chi connectivity index (χ3n) is 16.6. The summed E-state index contributed by atoms with van der Waals surface area (Å²) in [6.07, 6.45) is 2.39. The molecule has 3 saturated heterocycles. The second-order valence-corrected chi connectivity index (χ2v) is 30.7. The van der Waals surface area contributed by atoms with Gasteiger partial charge in [-0.05, 0) is 208 Å². The van der Waals surface area contributed by atoms with Crippen LogP contribution in [0.5, 0.6) is 0 Å². The lowest BCUT2D eigenvalue weighted by atomic mass is 9.75. The third kappa shape index (κ3) is 18.0. The van der Waals surface area contributed by atoms with Gasteiger partial charge in [-0.1, -0.05) is 12.2 Å². The highest BCUT2D eigenvalue weighted by Gasteiger charge is 2.53. The van der Waals surface area contributed by atoms with E-state index in [2.05, 4.69) is 25.9 Å². The molecule has 6 atom stereocenters. The van der Waals surface area contributed by atoms with Gasteiger partial charge in [-0.3, -0.25) is 14.6 Å². The van der Waals surface area contributed by atoms with Gasteiger partial charge in [0.15, 0.2) is 11.6 Å². The van der Waals surface area contributed by atoms with Gasteiger partial charge in [0.2, 0.25) is 20.0 Å². The smallest absolute Gasteiger partial charge is 0.444 e. The van der Waals surface area contributed by atoms with Gasteiger partial charge in [0.1, 0.15) is 51.4 Å². The van der Waals surface area contributed by atoms with Crippen molar-refractivity contribution in [1.29, 1.82) is 0 Å². The number of aromatic nitrogens is 2. The van der Waals surface area contributed by atoms with E-state index in [0.29, 0.717) is 42.9 Å².